The SMILES string of the molecule is CCCCCCCCCCCCCCCC/C=C/CCc1ccccc1N=C(CCCCC)C(CCCCCCCC)=Nc1ccccc1CC/C=C/CCCCCCCCCCCCCCCC. The highest BCUT2D eigenvalue weighted by molar-refractivity contribution is 6.43. The zero-order valence-corrected chi connectivity index (χ0v) is 46.6. The minimum atomic E-state index is 1.00. The van der Waals surface area contributed by atoms with Gasteiger partial charge in [-0.05, 0) is 100 Å². The summed E-state index contributed by atoms with van der Waals surface area (Å²) in [7, 11) is 0. The Morgan fingerprint density at radius 2 is 0.536 bits per heavy atom. The summed E-state index contributed by atoms with van der Waals surface area (Å²) in [5.41, 5.74) is 7.49. The summed E-state index contributed by atoms with van der Waals surface area (Å²) < 4.78 is 0. The molecule has 2 aromatic carbocycles. The second-order valence-electron chi connectivity index (χ2n) is 21.1. The molecular weight excluding hydrogens is 833 g/mol. The Bertz CT molecular complexity index is 1530. The van der Waals surface area contributed by atoms with Gasteiger partial charge >= 0.3 is 0 Å². The molecule has 0 aliphatic rings. The Morgan fingerprint density at radius 1 is 0.290 bits per heavy atom. The van der Waals surface area contributed by atoms with Crippen molar-refractivity contribution in [2.75, 3.05) is 0 Å². The van der Waals surface area contributed by atoms with Gasteiger partial charge in [0, 0.05) is 0 Å². The molecule has 69 heavy (non-hydrogen) atoms. The minimum absolute atomic E-state index is 1.00. The summed E-state index contributed by atoms with van der Waals surface area (Å²) in [5, 5.41) is 0. The molecule has 0 spiro atoms. The van der Waals surface area contributed by atoms with Crippen molar-refractivity contribution in [3.63, 3.8) is 0 Å². The van der Waals surface area contributed by atoms with Gasteiger partial charge in [0.05, 0.1) is 22.8 Å². The fourth-order valence-corrected chi connectivity index (χ4v) is 9.96. The van der Waals surface area contributed by atoms with E-state index in [2.05, 4.69) is 101 Å². The molecule has 0 bridgehead atoms. The Labute approximate surface area is 431 Å². The number of rotatable bonds is 50. The zero-order chi connectivity index (χ0) is 49.2. The van der Waals surface area contributed by atoms with E-state index in [1.807, 2.05) is 0 Å². The van der Waals surface area contributed by atoms with Gasteiger partial charge in [0.1, 0.15) is 0 Å². The van der Waals surface area contributed by atoms with Crippen LogP contribution in [0.2, 0.25) is 0 Å². The predicted molar refractivity (Wildman–Crippen MR) is 314 cm³/mol. The highest BCUT2D eigenvalue weighted by Crippen LogP contribution is 2.27. The lowest BCUT2D eigenvalue weighted by Gasteiger charge is -2.14. The van der Waals surface area contributed by atoms with Crippen LogP contribution in [0, 0.1) is 0 Å². The maximum absolute atomic E-state index is 5.60. The molecule has 0 saturated carbocycles. The first-order chi connectivity index (χ1) is 34.2. The van der Waals surface area contributed by atoms with Crippen LogP contribution in [-0.4, -0.2) is 11.4 Å². The number of aliphatic imine (C=N–C) groups is 2. The molecule has 392 valence electrons. The number of benzene rings is 2. The van der Waals surface area contributed by atoms with E-state index in [9.17, 15) is 0 Å². The van der Waals surface area contributed by atoms with Crippen LogP contribution in [-0.2, 0) is 12.8 Å². The molecule has 0 aliphatic carbocycles. The summed E-state index contributed by atoms with van der Waals surface area (Å²) in [4.78, 5) is 11.2. The van der Waals surface area contributed by atoms with Gasteiger partial charge in [0.15, 0.2) is 0 Å². The van der Waals surface area contributed by atoms with E-state index in [-0.39, 0.29) is 0 Å². The summed E-state index contributed by atoms with van der Waals surface area (Å²) in [5.74, 6) is 0. The molecule has 0 heterocycles. The summed E-state index contributed by atoms with van der Waals surface area (Å²) in [6.07, 6.45) is 69.6. The molecule has 2 nitrogen and oxygen atoms in total. The number of hydrogen-bond acceptors (Lipinski definition) is 2. The highest BCUT2D eigenvalue weighted by Gasteiger charge is 2.13. The molecule has 0 radical (unpaired) electrons. The standard InChI is InChI=1S/C67H114N2/c1-5-9-13-16-19-21-23-25-27-29-31-33-35-37-39-41-43-47-54-62-56-50-52-58-64(62)68-66(60-46-12-8-4)67(61-49-45-18-15-11-7-3)69-65-59-53-51-57-63(65)55-48-44-42-40-38-36-34-32-30-28-26-24-22-20-17-14-10-6-2/h41-44,50-53,56-59H,5-40,45-49,54-55,60-61H2,1-4H3/b43-41+,44-42+,68-66?,69-67?. The number of allylic oxidation sites excluding steroid dienone is 4. The summed E-state index contributed by atoms with van der Waals surface area (Å²) in [6.45, 7) is 9.24. The van der Waals surface area contributed by atoms with Crippen LogP contribution in [0.25, 0.3) is 0 Å². The molecule has 0 N–H and O–H groups in total. The molecule has 0 aromatic heterocycles. The first-order valence-corrected chi connectivity index (χ1v) is 30.8. The lowest BCUT2D eigenvalue weighted by atomic mass is 9.99. The van der Waals surface area contributed by atoms with Crippen LogP contribution in [0.1, 0.15) is 315 Å². The zero-order valence-electron chi connectivity index (χ0n) is 46.6. The average Bonchev–Trinajstić information content (AvgIpc) is 3.36. The topological polar surface area (TPSA) is 24.7 Å². The number of aryl methyl sites for hydroxylation is 2. The summed E-state index contributed by atoms with van der Waals surface area (Å²) >= 11 is 0. The van der Waals surface area contributed by atoms with E-state index in [1.165, 1.54) is 273 Å². The fraction of sp³-hybridized carbons (Fsp3) is 0.731. The van der Waals surface area contributed by atoms with E-state index in [0.29, 0.717) is 0 Å². The monoisotopic (exact) mass is 947 g/mol. The van der Waals surface area contributed by atoms with Gasteiger partial charge in [-0.15, -0.1) is 0 Å². The summed E-state index contributed by atoms with van der Waals surface area (Å²) in [6, 6.07) is 17.9. The van der Waals surface area contributed by atoms with Gasteiger partial charge in [-0.1, -0.05) is 300 Å². The smallest absolute Gasteiger partial charge is 0.0665 e. The molecule has 0 amide bonds. The third-order valence-electron chi connectivity index (χ3n) is 14.6. The molecule has 0 atom stereocenters. The molecule has 2 aromatic rings. The quantitative estimate of drug-likeness (QED) is 0.0359. The molecule has 0 unspecified atom stereocenters. The largest absolute Gasteiger partial charge is 0.251 e. The van der Waals surface area contributed by atoms with Crippen molar-refractivity contribution in [3.05, 3.63) is 84.0 Å². The normalized spacial score (nSPS) is 12.4. The first-order valence-electron chi connectivity index (χ1n) is 30.8. The van der Waals surface area contributed by atoms with E-state index in [4.69, 9.17) is 9.98 Å². The molecular formula is C67H114N2. The van der Waals surface area contributed by atoms with Gasteiger partial charge in [-0.25, -0.2) is 0 Å². The number of hydrogen-bond donors (Lipinski definition) is 0. The van der Waals surface area contributed by atoms with Crippen molar-refractivity contribution >= 4 is 22.8 Å². The maximum Gasteiger partial charge on any atom is 0.0665 e. The molecule has 0 saturated heterocycles. The Balaban J connectivity index is 1.95. The van der Waals surface area contributed by atoms with Gasteiger partial charge in [0.25, 0.3) is 0 Å². The minimum Gasteiger partial charge on any atom is -0.251 e. The van der Waals surface area contributed by atoms with Crippen LogP contribution in [0.3, 0.4) is 0 Å². The van der Waals surface area contributed by atoms with Gasteiger partial charge < -0.3 is 0 Å². The predicted octanol–water partition coefficient (Wildman–Crippen LogP) is 23.6. The Hall–Kier alpha value is -2.74. The van der Waals surface area contributed by atoms with Crippen LogP contribution >= 0.6 is 0 Å². The van der Waals surface area contributed by atoms with Gasteiger partial charge in [0.2, 0.25) is 0 Å². The van der Waals surface area contributed by atoms with Crippen molar-refractivity contribution in [1.29, 1.82) is 0 Å². The van der Waals surface area contributed by atoms with Crippen molar-refractivity contribution in [1.82, 2.24) is 0 Å². The lowest BCUT2D eigenvalue weighted by molar-refractivity contribution is 0.536. The molecule has 0 aliphatic heterocycles. The van der Waals surface area contributed by atoms with Gasteiger partial charge in [-0.2, -0.15) is 0 Å². The third kappa shape index (κ3) is 36.8. The number of unbranched alkanes of at least 4 members (excludes halogenated alkanes) is 35. The van der Waals surface area contributed by atoms with E-state index in [0.717, 1.165) is 49.9 Å². The number of para-hydroxylation sites is 2. The highest BCUT2D eigenvalue weighted by atomic mass is 14.8. The van der Waals surface area contributed by atoms with E-state index in [1.54, 1.807) is 0 Å². The maximum atomic E-state index is 5.60. The van der Waals surface area contributed by atoms with Crippen molar-refractivity contribution < 1.29 is 0 Å². The van der Waals surface area contributed by atoms with E-state index >= 15 is 0 Å². The fourth-order valence-electron chi connectivity index (χ4n) is 9.96. The van der Waals surface area contributed by atoms with Crippen molar-refractivity contribution in [3.8, 4) is 0 Å². The lowest BCUT2D eigenvalue weighted by Crippen LogP contribution is -2.15. The third-order valence-corrected chi connectivity index (χ3v) is 14.6. The second kappa shape index (κ2) is 48.9. The van der Waals surface area contributed by atoms with Crippen LogP contribution < -0.4 is 0 Å². The number of nitrogens with zero attached hydrogens (tertiary/aromatic N) is 2. The first kappa shape index (κ1) is 62.4. The van der Waals surface area contributed by atoms with Crippen molar-refractivity contribution in [2.45, 2.75) is 317 Å². The van der Waals surface area contributed by atoms with Crippen molar-refractivity contribution in [2.24, 2.45) is 9.98 Å². The van der Waals surface area contributed by atoms with Gasteiger partial charge in [-0.3, -0.25) is 9.98 Å². The average molecular weight is 948 g/mol. The molecule has 0 fully saturated rings. The van der Waals surface area contributed by atoms with Crippen LogP contribution in [0.5, 0.6) is 0 Å². The van der Waals surface area contributed by atoms with E-state index < -0.39 is 0 Å². The second-order valence-corrected chi connectivity index (χ2v) is 21.1. The van der Waals surface area contributed by atoms with Crippen LogP contribution in [0.15, 0.2) is 82.8 Å². The Morgan fingerprint density at radius 3 is 0.870 bits per heavy atom. The van der Waals surface area contributed by atoms with Crippen LogP contribution in [0.4, 0.5) is 11.4 Å². The Kier molecular flexibility index (Phi) is 44.2. The molecule has 2 heteroatoms. The molecule has 2 rings (SSSR count).